The van der Waals surface area contributed by atoms with E-state index in [9.17, 15) is 14.7 Å². The summed E-state index contributed by atoms with van der Waals surface area (Å²) in [5, 5.41) is 13.1. The van der Waals surface area contributed by atoms with Crippen LogP contribution >= 0.6 is 11.6 Å². The molecule has 132 valence electrons. The summed E-state index contributed by atoms with van der Waals surface area (Å²) in [7, 11) is 1.46. The zero-order valence-corrected chi connectivity index (χ0v) is 14.5. The lowest BCUT2D eigenvalue weighted by Crippen LogP contribution is -2.54. The first-order valence-electron chi connectivity index (χ1n) is 7.95. The van der Waals surface area contributed by atoms with E-state index in [4.69, 9.17) is 16.3 Å². The summed E-state index contributed by atoms with van der Waals surface area (Å²) in [6.07, 6.45) is 0.920. The average Bonchev–Trinajstić information content (AvgIpc) is 2.57. The van der Waals surface area contributed by atoms with Crippen LogP contribution in [0.1, 0.15) is 12.0 Å². The molecule has 1 saturated heterocycles. The van der Waals surface area contributed by atoms with Gasteiger partial charge in [-0.1, -0.05) is 23.7 Å². The van der Waals surface area contributed by atoms with Crippen molar-refractivity contribution >= 4 is 23.4 Å². The Morgan fingerprint density at radius 2 is 2.08 bits per heavy atom. The van der Waals surface area contributed by atoms with Crippen LogP contribution in [-0.2, 0) is 20.7 Å². The van der Waals surface area contributed by atoms with Gasteiger partial charge in [0.15, 0.2) is 0 Å². The number of carbonyl (C=O) groups is 2. The molecule has 6 nitrogen and oxygen atoms in total. The van der Waals surface area contributed by atoms with E-state index in [1.54, 1.807) is 17.0 Å². The summed E-state index contributed by atoms with van der Waals surface area (Å²) in [5.41, 5.74) is 0.903. The van der Waals surface area contributed by atoms with Crippen LogP contribution in [0.2, 0.25) is 5.02 Å². The molecule has 1 aromatic rings. The number of halogens is 1. The molecule has 1 aliphatic heterocycles. The van der Waals surface area contributed by atoms with Crippen molar-refractivity contribution in [3.8, 4) is 0 Å². The van der Waals surface area contributed by atoms with E-state index < -0.39 is 0 Å². The molecule has 0 radical (unpaired) electrons. The summed E-state index contributed by atoms with van der Waals surface area (Å²) in [6.45, 7) is 0.901. The quantitative estimate of drug-likeness (QED) is 0.794. The highest BCUT2D eigenvalue weighted by atomic mass is 35.5. The van der Waals surface area contributed by atoms with Crippen LogP contribution in [-0.4, -0.2) is 61.3 Å². The third-order valence-corrected chi connectivity index (χ3v) is 4.46. The first-order chi connectivity index (χ1) is 11.5. The van der Waals surface area contributed by atoms with Gasteiger partial charge >= 0.3 is 0 Å². The largest absolute Gasteiger partial charge is 0.396 e. The molecular weight excluding hydrogens is 332 g/mol. The molecule has 0 aromatic heterocycles. The predicted molar refractivity (Wildman–Crippen MR) is 90.7 cm³/mol. The molecule has 7 heteroatoms. The van der Waals surface area contributed by atoms with Crippen LogP contribution < -0.4 is 5.32 Å². The van der Waals surface area contributed by atoms with Gasteiger partial charge in [-0.05, 0) is 24.1 Å². The number of amides is 2. The zero-order chi connectivity index (χ0) is 17.5. The van der Waals surface area contributed by atoms with Crippen LogP contribution in [0.4, 0.5) is 0 Å². The van der Waals surface area contributed by atoms with E-state index in [-0.39, 0.29) is 37.0 Å². The molecule has 1 aliphatic rings. The van der Waals surface area contributed by atoms with Crippen LogP contribution in [0.25, 0.3) is 0 Å². The van der Waals surface area contributed by atoms with Gasteiger partial charge in [0.1, 0.15) is 6.61 Å². The average molecular weight is 355 g/mol. The maximum absolute atomic E-state index is 12.4. The molecule has 1 aromatic carbocycles. The molecule has 24 heavy (non-hydrogen) atoms. The van der Waals surface area contributed by atoms with E-state index in [0.717, 1.165) is 5.56 Å². The number of piperidine rings is 1. The topological polar surface area (TPSA) is 78.9 Å². The molecule has 0 aliphatic carbocycles. The highest BCUT2D eigenvalue weighted by Crippen LogP contribution is 2.19. The lowest BCUT2D eigenvalue weighted by atomic mass is 9.92. The minimum absolute atomic E-state index is 0.00609. The molecule has 1 heterocycles. The lowest BCUT2D eigenvalue weighted by Gasteiger charge is -2.38. The Morgan fingerprint density at radius 3 is 2.71 bits per heavy atom. The van der Waals surface area contributed by atoms with E-state index >= 15 is 0 Å². The van der Waals surface area contributed by atoms with Gasteiger partial charge in [0.2, 0.25) is 11.8 Å². The molecule has 2 atom stereocenters. The number of aliphatic hydroxyl groups excluding tert-OH is 1. The zero-order valence-electron chi connectivity index (χ0n) is 13.7. The molecular formula is C17H23ClN2O4. The van der Waals surface area contributed by atoms with Crippen LogP contribution in [0.3, 0.4) is 0 Å². The first kappa shape index (κ1) is 18.7. The van der Waals surface area contributed by atoms with Crippen molar-refractivity contribution in [3.05, 3.63) is 34.9 Å². The molecule has 2 N–H and O–H groups in total. The standard InChI is InChI=1S/C17H23ClN2O4/c1-24-11-16(22)19-15-6-7-20(9-13(15)10-21)17(23)8-12-2-4-14(18)5-3-12/h2-5,13,15,21H,6-11H2,1H3,(H,19,22)/t13-,15-/m1/s1. The van der Waals surface area contributed by atoms with Crippen molar-refractivity contribution in [2.75, 3.05) is 33.4 Å². The van der Waals surface area contributed by atoms with Gasteiger partial charge in [0.05, 0.1) is 6.42 Å². The Labute approximate surface area is 146 Å². The van der Waals surface area contributed by atoms with Crippen molar-refractivity contribution in [2.24, 2.45) is 5.92 Å². The third-order valence-electron chi connectivity index (χ3n) is 4.21. The second kappa shape index (κ2) is 9.01. The second-order valence-corrected chi connectivity index (χ2v) is 6.42. The number of methoxy groups -OCH3 is 1. The Hall–Kier alpha value is -1.63. The van der Waals surface area contributed by atoms with Gasteiger partial charge in [-0.25, -0.2) is 0 Å². The van der Waals surface area contributed by atoms with E-state index in [1.807, 2.05) is 12.1 Å². The number of nitrogens with zero attached hydrogens (tertiary/aromatic N) is 1. The van der Waals surface area contributed by atoms with E-state index in [1.165, 1.54) is 7.11 Å². The normalized spacial score (nSPS) is 20.7. The molecule has 0 spiro atoms. The number of rotatable bonds is 6. The maximum Gasteiger partial charge on any atom is 0.246 e. The summed E-state index contributed by atoms with van der Waals surface area (Å²) < 4.78 is 4.80. The van der Waals surface area contributed by atoms with Gasteiger partial charge in [0.25, 0.3) is 0 Å². The number of hydrogen-bond acceptors (Lipinski definition) is 4. The number of aliphatic hydroxyl groups is 1. The molecule has 0 bridgehead atoms. The van der Waals surface area contributed by atoms with Crippen molar-refractivity contribution in [1.82, 2.24) is 10.2 Å². The fraction of sp³-hybridized carbons (Fsp3) is 0.529. The number of carbonyl (C=O) groups excluding carboxylic acids is 2. The Bertz CT molecular complexity index is 564. The second-order valence-electron chi connectivity index (χ2n) is 5.98. The lowest BCUT2D eigenvalue weighted by molar-refractivity contribution is -0.133. The summed E-state index contributed by atoms with van der Waals surface area (Å²) in [6, 6.07) is 7.05. The van der Waals surface area contributed by atoms with Crippen molar-refractivity contribution in [2.45, 2.75) is 18.9 Å². The highest BCUT2D eigenvalue weighted by Gasteiger charge is 2.31. The van der Waals surface area contributed by atoms with E-state index in [0.29, 0.717) is 31.0 Å². The maximum atomic E-state index is 12.4. The monoisotopic (exact) mass is 354 g/mol. The smallest absolute Gasteiger partial charge is 0.246 e. The highest BCUT2D eigenvalue weighted by molar-refractivity contribution is 6.30. The van der Waals surface area contributed by atoms with Crippen molar-refractivity contribution in [1.29, 1.82) is 0 Å². The number of likely N-dealkylation sites (tertiary alicyclic amines) is 1. The van der Waals surface area contributed by atoms with Gasteiger partial charge < -0.3 is 20.1 Å². The van der Waals surface area contributed by atoms with Crippen LogP contribution in [0, 0.1) is 5.92 Å². The summed E-state index contributed by atoms with van der Waals surface area (Å²) in [5.74, 6) is -0.368. The fourth-order valence-corrected chi connectivity index (χ4v) is 3.03. The predicted octanol–water partition coefficient (Wildman–Crippen LogP) is 0.855. The summed E-state index contributed by atoms with van der Waals surface area (Å²) >= 11 is 5.85. The Kier molecular flexibility index (Phi) is 7.02. The molecule has 2 rings (SSSR count). The van der Waals surface area contributed by atoms with Gasteiger partial charge in [0, 0.05) is 43.8 Å². The van der Waals surface area contributed by atoms with Gasteiger partial charge in [-0.2, -0.15) is 0 Å². The van der Waals surface area contributed by atoms with Crippen molar-refractivity contribution < 1.29 is 19.4 Å². The summed E-state index contributed by atoms with van der Waals surface area (Å²) in [4.78, 5) is 25.8. The van der Waals surface area contributed by atoms with Crippen molar-refractivity contribution in [3.63, 3.8) is 0 Å². The number of ether oxygens (including phenoxy) is 1. The number of hydrogen-bond donors (Lipinski definition) is 2. The molecule has 2 amide bonds. The minimum atomic E-state index is -0.207. The number of nitrogens with one attached hydrogen (secondary N) is 1. The SMILES string of the molecule is COCC(=O)N[C@@H]1CCN(C(=O)Cc2ccc(Cl)cc2)C[C@@H]1CO. The Balaban J connectivity index is 1.90. The minimum Gasteiger partial charge on any atom is -0.396 e. The van der Waals surface area contributed by atoms with Crippen LogP contribution in [0.15, 0.2) is 24.3 Å². The molecule has 1 fully saturated rings. The third kappa shape index (κ3) is 5.19. The van der Waals surface area contributed by atoms with E-state index in [2.05, 4.69) is 5.32 Å². The fourth-order valence-electron chi connectivity index (χ4n) is 2.90. The number of benzene rings is 1. The van der Waals surface area contributed by atoms with Crippen LogP contribution in [0.5, 0.6) is 0 Å². The molecule has 0 unspecified atom stereocenters. The van der Waals surface area contributed by atoms with Gasteiger partial charge in [-0.15, -0.1) is 0 Å². The first-order valence-corrected chi connectivity index (χ1v) is 8.32. The van der Waals surface area contributed by atoms with Gasteiger partial charge in [-0.3, -0.25) is 9.59 Å². The Morgan fingerprint density at radius 1 is 1.38 bits per heavy atom. The molecule has 0 saturated carbocycles.